The number of primary amides is 1. The Balaban J connectivity index is 1.80. The van der Waals surface area contributed by atoms with E-state index in [0.717, 1.165) is 18.2 Å². The number of fused-ring (bicyclic) bond motifs is 2. The van der Waals surface area contributed by atoms with Gasteiger partial charge in [0.2, 0.25) is 5.91 Å². The Morgan fingerprint density at radius 1 is 1.12 bits per heavy atom. The number of hydrogen-bond donors (Lipinski definition) is 2. The van der Waals surface area contributed by atoms with Gasteiger partial charge >= 0.3 is 18.0 Å². The number of nitrogens with zero attached hydrogens (tertiary/aromatic N) is 1. The first-order chi connectivity index (χ1) is 15.5. The van der Waals surface area contributed by atoms with Gasteiger partial charge in [0.1, 0.15) is 5.41 Å². The highest BCUT2D eigenvalue weighted by atomic mass is 19.4. The minimum absolute atomic E-state index is 0.169. The molecule has 172 valence electrons. The average molecular weight is 458 g/mol. The highest BCUT2D eigenvalue weighted by Crippen LogP contribution is 2.50. The number of nitrogens with one attached hydrogen (secondary N) is 1. The van der Waals surface area contributed by atoms with Gasteiger partial charge in [0.05, 0.1) is 12.6 Å². The van der Waals surface area contributed by atoms with Crippen LogP contribution in [0.1, 0.15) is 39.9 Å². The molecule has 2 heterocycles. The van der Waals surface area contributed by atoms with Gasteiger partial charge in [-0.25, -0.2) is 9.59 Å². The van der Waals surface area contributed by atoms with Crippen LogP contribution in [0.2, 0.25) is 0 Å². The standard InChI is InChI=1S/C24H22F3N3O3/c1-30(20(31)9-7-15-4-2-3-5-17(15)24(25,26)27)19-8-6-16(21(28)32)14-18(19)23(22(30)33)10-12-29-13-11-23/h2-9,14,29H,10-13H2,1H3,(H-,28,32)/p+1. The van der Waals surface area contributed by atoms with E-state index in [1.807, 2.05) is 0 Å². The number of imide groups is 1. The Labute approximate surface area is 188 Å². The van der Waals surface area contributed by atoms with Crippen molar-refractivity contribution in [3.63, 3.8) is 0 Å². The minimum atomic E-state index is -4.58. The fraction of sp³-hybridized carbons (Fsp3) is 0.292. The molecule has 1 unspecified atom stereocenters. The molecular formula is C24H23F3N3O3+. The highest BCUT2D eigenvalue weighted by molar-refractivity contribution is 6.21. The summed E-state index contributed by atoms with van der Waals surface area (Å²) in [6.45, 7) is 1.10. The summed E-state index contributed by atoms with van der Waals surface area (Å²) in [6, 6.07) is 9.49. The zero-order chi connectivity index (χ0) is 24.0. The summed E-state index contributed by atoms with van der Waals surface area (Å²) in [5, 5.41) is 3.19. The highest BCUT2D eigenvalue weighted by Gasteiger charge is 2.63. The van der Waals surface area contributed by atoms with E-state index < -0.39 is 33.5 Å². The first-order valence-electron chi connectivity index (χ1n) is 10.5. The van der Waals surface area contributed by atoms with Crippen LogP contribution in [0.3, 0.4) is 0 Å². The predicted octanol–water partition coefficient (Wildman–Crippen LogP) is 3.14. The molecule has 0 aromatic heterocycles. The molecule has 1 fully saturated rings. The molecule has 1 atom stereocenters. The lowest BCUT2D eigenvalue weighted by atomic mass is 9.73. The summed E-state index contributed by atoms with van der Waals surface area (Å²) < 4.78 is 39.3. The summed E-state index contributed by atoms with van der Waals surface area (Å²) in [4.78, 5) is 39.0. The summed E-state index contributed by atoms with van der Waals surface area (Å²) in [6.07, 6.45) is -1.60. The van der Waals surface area contributed by atoms with Crippen LogP contribution in [0.15, 0.2) is 48.5 Å². The number of amides is 3. The van der Waals surface area contributed by atoms with E-state index in [9.17, 15) is 27.6 Å². The maximum atomic E-state index is 13.8. The molecule has 2 aromatic rings. The van der Waals surface area contributed by atoms with E-state index in [1.165, 1.54) is 31.3 Å². The number of hydrogen-bond acceptors (Lipinski definition) is 4. The van der Waals surface area contributed by atoms with Crippen molar-refractivity contribution in [3.8, 4) is 0 Å². The van der Waals surface area contributed by atoms with E-state index in [0.29, 0.717) is 37.2 Å². The van der Waals surface area contributed by atoms with Crippen molar-refractivity contribution in [2.75, 3.05) is 20.1 Å². The number of carbonyl (C=O) groups excluding carboxylic acids is 3. The van der Waals surface area contributed by atoms with E-state index in [1.54, 1.807) is 12.1 Å². The summed E-state index contributed by atoms with van der Waals surface area (Å²) >= 11 is 0. The number of rotatable bonds is 3. The Morgan fingerprint density at radius 2 is 1.79 bits per heavy atom. The third-order valence-corrected chi connectivity index (χ3v) is 6.66. The number of nitrogens with two attached hydrogens (primary N) is 1. The van der Waals surface area contributed by atoms with Crippen LogP contribution in [-0.2, 0) is 21.2 Å². The summed E-state index contributed by atoms with van der Waals surface area (Å²) in [5.74, 6) is -1.68. The molecule has 33 heavy (non-hydrogen) atoms. The number of carbonyl (C=O) groups is 3. The first kappa shape index (κ1) is 22.9. The Morgan fingerprint density at radius 3 is 2.42 bits per heavy atom. The van der Waals surface area contributed by atoms with Gasteiger partial charge in [-0.15, -0.1) is 0 Å². The second-order valence-electron chi connectivity index (χ2n) is 8.50. The zero-order valence-electron chi connectivity index (χ0n) is 17.9. The lowest BCUT2D eigenvalue weighted by Gasteiger charge is -2.32. The topological polar surface area (TPSA) is 89.3 Å². The maximum Gasteiger partial charge on any atom is 0.416 e. The largest absolute Gasteiger partial charge is 0.416 e. The van der Waals surface area contributed by atoms with Crippen LogP contribution in [0.25, 0.3) is 6.08 Å². The van der Waals surface area contributed by atoms with E-state index >= 15 is 0 Å². The fourth-order valence-corrected chi connectivity index (χ4v) is 4.88. The molecule has 2 aliphatic heterocycles. The first-order valence-corrected chi connectivity index (χ1v) is 10.5. The van der Waals surface area contributed by atoms with Crippen molar-refractivity contribution in [1.82, 2.24) is 9.80 Å². The summed E-state index contributed by atoms with van der Waals surface area (Å²) in [7, 11) is 1.45. The van der Waals surface area contributed by atoms with Crippen LogP contribution in [0.4, 0.5) is 18.9 Å². The second-order valence-corrected chi connectivity index (χ2v) is 8.50. The normalized spacial score (nSPS) is 22.0. The molecule has 1 spiro atoms. The molecule has 4 rings (SSSR count). The van der Waals surface area contributed by atoms with E-state index in [-0.39, 0.29) is 17.0 Å². The van der Waals surface area contributed by atoms with Crippen LogP contribution in [0.5, 0.6) is 0 Å². The van der Waals surface area contributed by atoms with Crippen LogP contribution in [0, 0.1) is 0 Å². The van der Waals surface area contributed by atoms with Gasteiger partial charge in [-0.2, -0.15) is 17.7 Å². The molecule has 6 nitrogen and oxygen atoms in total. The van der Waals surface area contributed by atoms with Gasteiger partial charge in [-0.1, -0.05) is 18.2 Å². The SMILES string of the molecule is C[N+]1(C(=O)C=Cc2ccccc2C(F)(F)F)C(=O)C2(CCNCC2)c2cc(C(N)=O)ccc21. The molecule has 0 aliphatic carbocycles. The molecular weight excluding hydrogens is 435 g/mol. The molecule has 0 saturated carbocycles. The summed E-state index contributed by atoms with van der Waals surface area (Å²) in [5.41, 5.74) is 4.64. The Kier molecular flexibility index (Phi) is 5.50. The maximum absolute atomic E-state index is 13.8. The molecule has 1 saturated heterocycles. The van der Waals surface area contributed by atoms with Crippen LogP contribution >= 0.6 is 0 Å². The van der Waals surface area contributed by atoms with Crippen molar-refractivity contribution >= 4 is 29.5 Å². The molecule has 3 amide bonds. The van der Waals surface area contributed by atoms with Crippen molar-refractivity contribution < 1.29 is 27.6 Å². The third kappa shape index (κ3) is 3.57. The molecule has 3 N–H and O–H groups in total. The smallest absolute Gasteiger partial charge is 0.366 e. The van der Waals surface area contributed by atoms with Crippen molar-refractivity contribution in [2.45, 2.75) is 24.4 Å². The van der Waals surface area contributed by atoms with Gasteiger partial charge in [0, 0.05) is 23.3 Å². The van der Waals surface area contributed by atoms with Crippen LogP contribution in [-0.4, -0.2) is 37.9 Å². The van der Waals surface area contributed by atoms with Crippen molar-refractivity contribution in [1.29, 1.82) is 0 Å². The molecule has 9 heteroatoms. The number of piperidine rings is 1. The predicted molar refractivity (Wildman–Crippen MR) is 117 cm³/mol. The second kappa shape index (κ2) is 7.93. The van der Waals surface area contributed by atoms with Crippen molar-refractivity contribution in [2.24, 2.45) is 5.73 Å². The number of quaternary nitrogens is 1. The Bertz CT molecular complexity index is 1180. The van der Waals surface area contributed by atoms with Crippen LogP contribution < -0.4 is 15.5 Å². The number of likely N-dealkylation sites (N-methyl/N-ethyl adjacent to an activating group) is 1. The molecule has 2 aromatic carbocycles. The van der Waals surface area contributed by atoms with E-state index in [2.05, 4.69) is 5.32 Å². The molecule has 0 radical (unpaired) electrons. The average Bonchev–Trinajstić information content (AvgIpc) is 2.97. The quantitative estimate of drug-likeness (QED) is 0.546. The minimum Gasteiger partial charge on any atom is -0.366 e. The van der Waals surface area contributed by atoms with Gasteiger partial charge < -0.3 is 11.1 Å². The lowest BCUT2D eigenvalue weighted by molar-refractivity contribution is -0.142. The van der Waals surface area contributed by atoms with Gasteiger partial charge in [0.25, 0.3) is 0 Å². The van der Waals surface area contributed by atoms with Gasteiger partial charge in [-0.3, -0.25) is 4.79 Å². The number of benzene rings is 2. The lowest BCUT2D eigenvalue weighted by Crippen LogP contribution is -2.58. The van der Waals surface area contributed by atoms with Gasteiger partial charge in [-0.05, 0) is 55.8 Å². The number of halogens is 3. The number of alkyl halides is 3. The Hall–Kier alpha value is -3.30. The van der Waals surface area contributed by atoms with Crippen molar-refractivity contribution in [3.05, 3.63) is 70.8 Å². The van der Waals surface area contributed by atoms with E-state index in [4.69, 9.17) is 5.73 Å². The third-order valence-electron chi connectivity index (χ3n) is 6.66. The van der Waals surface area contributed by atoms with Gasteiger partial charge in [0.15, 0.2) is 5.69 Å². The molecule has 0 bridgehead atoms. The zero-order valence-corrected chi connectivity index (χ0v) is 17.9. The molecule has 2 aliphatic rings. The fourth-order valence-electron chi connectivity index (χ4n) is 4.88. The monoisotopic (exact) mass is 458 g/mol.